The molecule has 0 atom stereocenters. The summed E-state index contributed by atoms with van der Waals surface area (Å²) in [6.07, 6.45) is 5.42. The van der Waals surface area contributed by atoms with Crippen LogP contribution in [0.3, 0.4) is 0 Å². The van der Waals surface area contributed by atoms with E-state index in [9.17, 15) is 0 Å². The van der Waals surface area contributed by atoms with E-state index in [1.165, 1.54) is 31.4 Å². The predicted molar refractivity (Wildman–Crippen MR) is 54.0 cm³/mol. The van der Waals surface area contributed by atoms with Gasteiger partial charge in [-0.3, -0.25) is 0 Å². The topological polar surface area (TPSA) is 3.24 Å². The van der Waals surface area contributed by atoms with Gasteiger partial charge in [-0.2, -0.15) is 0 Å². The standard InChI is InChI=1S/C11H21N/c1-5-12(4)10(2)11(3)8-6-7-9-11/h2,5-9H2,1,3-4H3. The van der Waals surface area contributed by atoms with Gasteiger partial charge in [-0.1, -0.05) is 26.3 Å². The van der Waals surface area contributed by atoms with E-state index in [2.05, 4.69) is 32.4 Å². The van der Waals surface area contributed by atoms with Gasteiger partial charge in [0.05, 0.1) is 0 Å². The van der Waals surface area contributed by atoms with Gasteiger partial charge in [0.2, 0.25) is 0 Å². The molecule has 0 N–H and O–H groups in total. The molecule has 0 radical (unpaired) electrons. The Morgan fingerprint density at radius 3 is 2.33 bits per heavy atom. The summed E-state index contributed by atoms with van der Waals surface area (Å²) in [5.41, 5.74) is 1.74. The van der Waals surface area contributed by atoms with Crippen molar-refractivity contribution in [3.05, 3.63) is 12.3 Å². The van der Waals surface area contributed by atoms with Gasteiger partial charge >= 0.3 is 0 Å². The summed E-state index contributed by atoms with van der Waals surface area (Å²) in [5, 5.41) is 0. The molecule has 1 fully saturated rings. The van der Waals surface area contributed by atoms with Gasteiger partial charge in [0.25, 0.3) is 0 Å². The van der Waals surface area contributed by atoms with Crippen LogP contribution in [0, 0.1) is 5.41 Å². The van der Waals surface area contributed by atoms with Crippen molar-refractivity contribution in [3.63, 3.8) is 0 Å². The lowest BCUT2D eigenvalue weighted by atomic mass is 9.85. The Kier molecular flexibility index (Phi) is 2.81. The van der Waals surface area contributed by atoms with Crippen molar-refractivity contribution in [2.24, 2.45) is 5.41 Å². The van der Waals surface area contributed by atoms with Crippen LogP contribution in [0.5, 0.6) is 0 Å². The van der Waals surface area contributed by atoms with Crippen molar-refractivity contribution >= 4 is 0 Å². The zero-order valence-electron chi connectivity index (χ0n) is 8.69. The molecule has 0 heterocycles. The van der Waals surface area contributed by atoms with Crippen LogP contribution < -0.4 is 0 Å². The summed E-state index contributed by atoms with van der Waals surface area (Å²) < 4.78 is 0. The first kappa shape index (κ1) is 9.63. The first-order valence-electron chi connectivity index (χ1n) is 5.00. The SMILES string of the molecule is C=C(N(C)CC)C1(C)CCCC1. The second-order valence-electron chi connectivity index (χ2n) is 4.23. The van der Waals surface area contributed by atoms with Crippen LogP contribution in [0.15, 0.2) is 12.3 Å². The van der Waals surface area contributed by atoms with E-state index >= 15 is 0 Å². The van der Waals surface area contributed by atoms with E-state index in [1.807, 2.05) is 0 Å². The van der Waals surface area contributed by atoms with Crippen LogP contribution in [0.2, 0.25) is 0 Å². The molecule has 1 saturated carbocycles. The van der Waals surface area contributed by atoms with Crippen LogP contribution >= 0.6 is 0 Å². The van der Waals surface area contributed by atoms with Crippen LogP contribution in [-0.4, -0.2) is 18.5 Å². The van der Waals surface area contributed by atoms with Gasteiger partial charge in [0.1, 0.15) is 0 Å². The molecule has 1 aliphatic rings. The van der Waals surface area contributed by atoms with Crippen molar-refractivity contribution in [1.29, 1.82) is 0 Å². The fourth-order valence-corrected chi connectivity index (χ4v) is 2.10. The Hall–Kier alpha value is -0.460. The van der Waals surface area contributed by atoms with E-state index < -0.39 is 0 Å². The number of allylic oxidation sites excluding steroid dienone is 1. The molecule has 0 unspecified atom stereocenters. The molecule has 0 aliphatic heterocycles. The van der Waals surface area contributed by atoms with Gasteiger partial charge in [0.15, 0.2) is 0 Å². The monoisotopic (exact) mass is 167 g/mol. The summed E-state index contributed by atoms with van der Waals surface area (Å²) in [6, 6.07) is 0. The quantitative estimate of drug-likeness (QED) is 0.624. The summed E-state index contributed by atoms with van der Waals surface area (Å²) >= 11 is 0. The average Bonchev–Trinajstić information content (AvgIpc) is 2.50. The molecule has 0 spiro atoms. The lowest BCUT2D eigenvalue weighted by Crippen LogP contribution is -2.28. The third-order valence-electron chi connectivity index (χ3n) is 3.34. The van der Waals surface area contributed by atoms with E-state index in [1.54, 1.807) is 0 Å². The molecule has 1 aliphatic carbocycles. The minimum Gasteiger partial charge on any atom is -0.378 e. The van der Waals surface area contributed by atoms with Crippen LogP contribution in [0.1, 0.15) is 39.5 Å². The van der Waals surface area contributed by atoms with Crippen molar-refractivity contribution in [3.8, 4) is 0 Å². The van der Waals surface area contributed by atoms with Crippen molar-refractivity contribution in [1.82, 2.24) is 4.90 Å². The minimum absolute atomic E-state index is 0.408. The second-order valence-corrected chi connectivity index (χ2v) is 4.23. The number of rotatable bonds is 3. The molecule has 0 aromatic carbocycles. The Morgan fingerprint density at radius 1 is 1.42 bits per heavy atom. The molecule has 1 heteroatoms. The number of hydrogen-bond donors (Lipinski definition) is 0. The second kappa shape index (κ2) is 3.51. The van der Waals surface area contributed by atoms with Crippen molar-refractivity contribution in [2.45, 2.75) is 39.5 Å². The molecule has 0 aromatic heterocycles. The lowest BCUT2D eigenvalue weighted by Gasteiger charge is -2.33. The van der Waals surface area contributed by atoms with Crippen LogP contribution in [-0.2, 0) is 0 Å². The minimum atomic E-state index is 0.408. The first-order chi connectivity index (χ1) is 5.60. The Labute approximate surface area is 76.5 Å². The summed E-state index contributed by atoms with van der Waals surface area (Å²) in [7, 11) is 2.14. The molecule has 0 saturated heterocycles. The zero-order chi connectivity index (χ0) is 9.19. The first-order valence-corrected chi connectivity index (χ1v) is 5.00. The smallest absolute Gasteiger partial charge is 0.0143 e. The zero-order valence-corrected chi connectivity index (χ0v) is 8.69. The Balaban J connectivity index is 2.61. The van der Waals surface area contributed by atoms with Crippen molar-refractivity contribution in [2.75, 3.05) is 13.6 Å². The van der Waals surface area contributed by atoms with Crippen LogP contribution in [0.25, 0.3) is 0 Å². The number of nitrogens with zero attached hydrogens (tertiary/aromatic N) is 1. The normalized spacial score (nSPS) is 20.9. The predicted octanol–water partition coefficient (Wildman–Crippen LogP) is 3.03. The molecule has 1 rings (SSSR count). The Morgan fingerprint density at radius 2 is 1.92 bits per heavy atom. The van der Waals surface area contributed by atoms with Crippen LogP contribution in [0.4, 0.5) is 0 Å². The number of hydrogen-bond acceptors (Lipinski definition) is 1. The lowest BCUT2D eigenvalue weighted by molar-refractivity contribution is 0.286. The maximum absolute atomic E-state index is 4.21. The highest BCUT2D eigenvalue weighted by Gasteiger charge is 2.32. The summed E-state index contributed by atoms with van der Waals surface area (Å²) in [5.74, 6) is 0. The average molecular weight is 167 g/mol. The fourth-order valence-electron chi connectivity index (χ4n) is 2.10. The van der Waals surface area contributed by atoms with Gasteiger partial charge in [-0.05, 0) is 19.8 Å². The van der Waals surface area contributed by atoms with Gasteiger partial charge in [0, 0.05) is 24.7 Å². The Bertz CT molecular complexity index is 166. The van der Waals surface area contributed by atoms with Gasteiger partial charge < -0.3 is 4.90 Å². The third-order valence-corrected chi connectivity index (χ3v) is 3.34. The highest BCUT2D eigenvalue weighted by atomic mass is 15.1. The molecular weight excluding hydrogens is 146 g/mol. The molecule has 0 bridgehead atoms. The summed E-state index contributed by atoms with van der Waals surface area (Å²) in [4.78, 5) is 2.28. The maximum Gasteiger partial charge on any atom is 0.0143 e. The van der Waals surface area contributed by atoms with E-state index in [0.717, 1.165) is 6.54 Å². The van der Waals surface area contributed by atoms with E-state index in [0.29, 0.717) is 5.41 Å². The molecule has 70 valence electrons. The highest BCUT2D eigenvalue weighted by Crippen LogP contribution is 2.43. The van der Waals surface area contributed by atoms with E-state index in [-0.39, 0.29) is 0 Å². The van der Waals surface area contributed by atoms with Gasteiger partial charge in [-0.25, -0.2) is 0 Å². The highest BCUT2D eigenvalue weighted by molar-refractivity contribution is 5.09. The molecule has 0 aromatic rings. The van der Waals surface area contributed by atoms with Crippen molar-refractivity contribution < 1.29 is 0 Å². The molecule has 1 nitrogen and oxygen atoms in total. The molecular formula is C11H21N. The fraction of sp³-hybridized carbons (Fsp3) is 0.818. The molecule has 12 heavy (non-hydrogen) atoms. The van der Waals surface area contributed by atoms with E-state index in [4.69, 9.17) is 0 Å². The summed E-state index contributed by atoms with van der Waals surface area (Å²) in [6.45, 7) is 9.82. The molecule has 0 amide bonds. The third kappa shape index (κ3) is 1.65. The van der Waals surface area contributed by atoms with Gasteiger partial charge in [-0.15, -0.1) is 0 Å². The maximum atomic E-state index is 4.21. The largest absolute Gasteiger partial charge is 0.378 e.